The van der Waals surface area contributed by atoms with Crippen LogP contribution in [0.5, 0.6) is 5.75 Å². The summed E-state index contributed by atoms with van der Waals surface area (Å²) < 4.78 is 33.0. The van der Waals surface area contributed by atoms with Crippen molar-refractivity contribution in [3.63, 3.8) is 0 Å². The van der Waals surface area contributed by atoms with E-state index in [9.17, 15) is 18.3 Å². The highest BCUT2D eigenvalue weighted by molar-refractivity contribution is 7.91. The van der Waals surface area contributed by atoms with Gasteiger partial charge in [-0.1, -0.05) is 18.2 Å². The average molecular weight is 382 g/mol. The van der Waals surface area contributed by atoms with Crippen molar-refractivity contribution in [2.75, 3.05) is 13.7 Å². The molecule has 0 radical (unpaired) electrons. The van der Waals surface area contributed by atoms with Crippen LogP contribution < -0.4 is 14.8 Å². The zero-order valence-corrected chi connectivity index (χ0v) is 15.2. The lowest BCUT2D eigenvalue weighted by Crippen LogP contribution is -2.25. The number of methoxy groups -OCH3 is 1. The Labute approximate surface area is 149 Å². The molecule has 0 fully saturated rings. The molecule has 3 N–H and O–H groups in total. The summed E-state index contributed by atoms with van der Waals surface area (Å²) in [5, 5.41) is 12.6. The standard InChI is InChI=1S/C16H18N2O5S2/c1-23-12-5-3-2-4-10(12)8-18-25(21,22)16-14(15(19)20)11-6-7-17-9-13(11)24-16/h2-5,17-18H,6-9H2,1H3,(H,19,20). The van der Waals surface area contributed by atoms with Gasteiger partial charge < -0.3 is 15.2 Å². The maximum atomic E-state index is 12.7. The zero-order valence-electron chi connectivity index (χ0n) is 13.5. The van der Waals surface area contributed by atoms with Crippen LogP contribution in [0.1, 0.15) is 26.4 Å². The fourth-order valence-electron chi connectivity index (χ4n) is 2.80. The minimum absolute atomic E-state index is 0.0201. The summed E-state index contributed by atoms with van der Waals surface area (Å²) in [6.07, 6.45) is 0.509. The summed E-state index contributed by atoms with van der Waals surface area (Å²) >= 11 is 1.02. The van der Waals surface area contributed by atoms with Gasteiger partial charge in [0.1, 0.15) is 9.96 Å². The Kier molecular flexibility index (Phi) is 5.09. The monoisotopic (exact) mass is 382 g/mol. The molecular weight excluding hydrogens is 364 g/mol. The third-order valence-electron chi connectivity index (χ3n) is 4.00. The second-order valence-corrected chi connectivity index (χ2v) is 8.60. The van der Waals surface area contributed by atoms with Crippen molar-refractivity contribution in [3.8, 4) is 5.75 Å². The number of para-hydroxylation sites is 1. The van der Waals surface area contributed by atoms with Crippen molar-refractivity contribution in [1.29, 1.82) is 0 Å². The summed E-state index contributed by atoms with van der Waals surface area (Å²) in [5.74, 6) is -0.643. The summed E-state index contributed by atoms with van der Waals surface area (Å²) in [5.41, 5.74) is 1.19. The first kappa shape index (κ1) is 17.9. The molecule has 7 nitrogen and oxygen atoms in total. The molecule has 1 aromatic heterocycles. The van der Waals surface area contributed by atoms with Crippen LogP contribution in [0.4, 0.5) is 0 Å². The molecule has 0 spiro atoms. The predicted octanol–water partition coefficient (Wildman–Crippen LogP) is 1.58. The fraction of sp³-hybridized carbons (Fsp3) is 0.312. The Morgan fingerprint density at radius 2 is 2.16 bits per heavy atom. The normalized spacial score (nSPS) is 14.1. The van der Waals surface area contributed by atoms with E-state index in [2.05, 4.69) is 10.0 Å². The van der Waals surface area contributed by atoms with E-state index in [4.69, 9.17) is 4.74 Å². The lowest BCUT2D eigenvalue weighted by molar-refractivity contribution is 0.0692. The first-order valence-electron chi connectivity index (χ1n) is 7.64. The number of benzene rings is 1. The molecule has 0 saturated carbocycles. The van der Waals surface area contributed by atoms with Crippen LogP contribution in [-0.4, -0.2) is 33.1 Å². The summed E-state index contributed by atoms with van der Waals surface area (Å²) in [4.78, 5) is 12.4. The molecule has 1 aromatic carbocycles. The van der Waals surface area contributed by atoms with Gasteiger partial charge >= 0.3 is 5.97 Å². The van der Waals surface area contributed by atoms with Crippen molar-refractivity contribution >= 4 is 27.3 Å². The molecule has 1 aliphatic rings. The Balaban J connectivity index is 1.92. The number of hydrogen-bond donors (Lipinski definition) is 3. The van der Waals surface area contributed by atoms with E-state index >= 15 is 0 Å². The second kappa shape index (κ2) is 7.12. The third-order valence-corrected chi connectivity index (χ3v) is 7.15. The highest BCUT2D eigenvalue weighted by Gasteiger charge is 2.31. The molecule has 134 valence electrons. The van der Waals surface area contributed by atoms with E-state index in [0.717, 1.165) is 16.2 Å². The van der Waals surface area contributed by atoms with Gasteiger partial charge in [0.2, 0.25) is 0 Å². The van der Waals surface area contributed by atoms with Crippen molar-refractivity contribution in [2.45, 2.75) is 23.7 Å². The third kappa shape index (κ3) is 3.54. The molecular formula is C16H18N2O5S2. The van der Waals surface area contributed by atoms with E-state index < -0.39 is 16.0 Å². The number of ether oxygens (including phenoxy) is 1. The first-order chi connectivity index (χ1) is 11.9. The molecule has 1 aliphatic heterocycles. The maximum Gasteiger partial charge on any atom is 0.338 e. The van der Waals surface area contributed by atoms with E-state index in [-0.39, 0.29) is 16.3 Å². The number of fused-ring (bicyclic) bond motifs is 1. The smallest absolute Gasteiger partial charge is 0.338 e. The Morgan fingerprint density at radius 1 is 1.40 bits per heavy atom. The Hall–Kier alpha value is -1.94. The SMILES string of the molecule is COc1ccccc1CNS(=O)(=O)c1sc2c(c1C(=O)O)CCNC2. The number of rotatable bonds is 6. The number of hydrogen-bond acceptors (Lipinski definition) is 6. The van der Waals surface area contributed by atoms with E-state index in [1.165, 1.54) is 7.11 Å². The highest BCUT2D eigenvalue weighted by Crippen LogP contribution is 2.34. The second-order valence-electron chi connectivity index (χ2n) is 5.53. The molecule has 0 aliphatic carbocycles. The molecule has 0 atom stereocenters. The van der Waals surface area contributed by atoms with E-state index in [0.29, 0.717) is 36.4 Å². The summed E-state index contributed by atoms with van der Waals surface area (Å²) in [7, 11) is -2.44. The van der Waals surface area contributed by atoms with Crippen LogP contribution in [0.25, 0.3) is 0 Å². The van der Waals surface area contributed by atoms with Crippen LogP contribution in [0.3, 0.4) is 0 Å². The van der Waals surface area contributed by atoms with Gasteiger partial charge in [-0.05, 0) is 24.6 Å². The number of nitrogens with one attached hydrogen (secondary N) is 2. The van der Waals surface area contributed by atoms with Crippen molar-refractivity contribution in [3.05, 3.63) is 45.8 Å². The Bertz CT molecular complexity index is 905. The average Bonchev–Trinajstić information content (AvgIpc) is 3.01. The van der Waals surface area contributed by atoms with Crippen LogP contribution in [0.2, 0.25) is 0 Å². The first-order valence-corrected chi connectivity index (χ1v) is 9.94. The van der Waals surface area contributed by atoms with Gasteiger partial charge in [0, 0.05) is 23.5 Å². The van der Waals surface area contributed by atoms with Crippen LogP contribution >= 0.6 is 11.3 Å². The molecule has 2 aromatic rings. The van der Waals surface area contributed by atoms with Crippen LogP contribution in [0, 0.1) is 0 Å². The molecule has 0 amide bonds. The quantitative estimate of drug-likeness (QED) is 0.701. The predicted molar refractivity (Wildman–Crippen MR) is 93.7 cm³/mol. The molecule has 25 heavy (non-hydrogen) atoms. The number of carbonyl (C=O) groups is 1. The van der Waals surface area contributed by atoms with Gasteiger partial charge in [0.15, 0.2) is 0 Å². The highest BCUT2D eigenvalue weighted by atomic mass is 32.2. The number of carboxylic acid groups (broad SMARTS) is 1. The number of sulfonamides is 1. The van der Waals surface area contributed by atoms with Gasteiger partial charge in [-0.3, -0.25) is 0 Å². The van der Waals surface area contributed by atoms with Crippen LogP contribution in [0.15, 0.2) is 28.5 Å². The van der Waals surface area contributed by atoms with Gasteiger partial charge in [0.05, 0.1) is 12.7 Å². The van der Waals surface area contributed by atoms with Gasteiger partial charge in [0.25, 0.3) is 10.0 Å². The maximum absolute atomic E-state index is 12.7. The zero-order chi connectivity index (χ0) is 18.0. The van der Waals surface area contributed by atoms with E-state index in [1.807, 2.05) is 0 Å². The minimum Gasteiger partial charge on any atom is -0.496 e. The topological polar surface area (TPSA) is 105 Å². The van der Waals surface area contributed by atoms with Gasteiger partial charge in [-0.25, -0.2) is 17.9 Å². The Morgan fingerprint density at radius 3 is 2.88 bits per heavy atom. The van der Waals surface area contributed by atoms with Crippen LogP contribution in [-0.2, 0) is 29.5 Å². The van der Waals surface area contributed by atoms with Gasteiger partial charge in [-0.2, -0.15) is 0 Å². The molecule has 3 rings (SSSR count). The van der Waals surface area contributed by atoms with Crippen molar-refractivity contribution in [1.82, 2.24) is 10.0 Å². The lowest BCUT2D eigenvalue weighted by Gasteiger charge is -2.12. The molecule has 0 saturated heterocycles. The summed E-state index contributed by atoms with van der Waals surface area (Å²) in [6, 6.07) is 7.06. The summed E-state index contributed by atoms with van der Waals surface area (Å²) in [6.45, 7) is 1.15. The number of carboxylic acids is 1. The molecule has 9 heteroatoms. The number of thiophene rings is 1. The fourth-order valence-corrected chi connectivity index (χ4v) is 5.71. The molecule has 0 unspecified atom stereocenters. The largest absolute Gasteiger partial charge is 0.496 e. The van der Waals surface area contributed by atoms with Gasteiger partial charge in [-0.15, -0.1) is 11.3 Å². The van der Waals surface area contributed by atoms with Crippen molar-refractivity contribution in [2.24, 2.45) is 0 Å². The van der Waals surface area contributed by atoms with E-state index in [1.54, 1.807) is 24.3 Å². The molecule has 2 heterocycles. The minimum atomic E-state index is -3.95. The van der Waals surface area contributed by atoms with Crippen molar-refractivity contribution < 1.29 is 23.1 Å². The lowest BCUT2D eigenvalue weighted by atomic mass is 10.1. The number of aromatic carboxylic acids is 1. The molecule has 0 bridgehead atoms.